The van der Waals surface area contributed by atoms with E-state index < -0.39 is 24.5 Å². The van der Waals surface area contributed by atoms with Gasteiger partial charge in [-0.05, 0) is 5.75 Å². The molecule has 0 saturated carbocycles. The monoisotopic (exact) mass is 343 g/mol. The molecule has 0 amide bonds. The first-order valence-corrected chi connectivity index (χ1v) is 8.41. The van der Waals surface area contributed by atoms with Crippen molar-refractivity contribution >= 4 is 41.1 Å². The Kier molecular flexibility index (Phi) is 4.37. The molecule has 0 radical (unpaired) electrons. The average molecular weight is 343 g/mol. The normalized spacial score (nSPS) is 28.5. The highest BCUT2D eigenvalue weighted by Gasteiger charge is 2.43. The molecule has 4 atom stereocenters. The van der Waals surface area contributed by atoms with Crippen LogP contribution in [-0.2, 0) is 4.74 Å². The summed E-state index contributed by atoms with van der Waals surface area (Å²) in [7, 11) is 0. The van der Waals surface area contributed by atoms with E-state index in [9.17, 15) is 10.2 Å². The van der Waals surface area contributed by atoms with Crippen LogP contribution in [0.15, 0.2) is 6.33 Å². The minimum Gasteiger partial charge on any atom is -0.387 e. The molecule has 120 valence electrons. The summed E-state index contributed by atoms with van der Waals surface area (Å²) in [5.41, 5.74) is 6.66. The zero-order valence-corrected chi connectivity index (χ0v) is 13.5. The molecular formula is C12H17N5O3S2. The predicted octanol–water partition coefficient (Wildman–Crippen LogP) is 0.443. The fourth-order valence-corrected chi connectivity index (χ4v) is 3.47. The number of aliphatic hydroxyl groups is 2. The van der Waals surface area contributed by atoms with Gasteiger partial charge < -0.3 is 25.7 Å². The second kappa shape index (κ2) is 6.13. The minimum atomic E-state index is -1.06. The summed E-state index contributed by atoms with van der Waals surface area (Å²) in [5, 5.41) is 20.4. The molecule has 8 nitrogen and oxygen atoms in total. The maximum absolute atomic E-state index is 10.3. The third-order valence-electron chi connectivity index (χ3n) is 3.56. The predicted molar refractivity (Wildman–Crippen MR) is 86.0 cm³/mol. The summed E-state index contributed by atoms with van der Waals surface area (Å²) < 4.78 is 7.67. The summed E-state index contributed by atoms with van der Waals surface area (Å²) in [4.78, 5) is 11.0. The number of nitrogens with two attached hydrogens (primary N) is 1. The third kappa shape index (κ3) is 2.61. The number of aromatic amines is 1. The molecule has 0 bridgehead atoms. The molecule has 0 aromatic carbocycles. The van der Waals surface area contributed by atoms with Gasteiger partial charge in [0.2, 0.25) is 0 Å². The number of imidazole rings is 1. The van der Waals surface area contributed by atoms with E-state index in [0.717, 1.165) is 5.75 Å². The van der Waals surface area contributed by atoms with E-state index >= 15 is 0 Å². The maximum Gasteiger partial charge on any atom is 0.200 e. The molecule has 0 unspecified atom stereocenters. The summed E-state index contributed by atoms with van der Waals surface area (Å²) >= 11 is 6.76. The second-order valence-electron chi connectivity index (χ2n) is 4.98. The average Bonchev–Trinajstić information content (AvgIpc) is 3.00. The fraction of sp³-hybridized carbons (Fsp3) is 0.583. The van der Waals surface area contributed by atoms with Gasteiger partial charge in [-0.15, -0.1) is 0 Å². The third-order valence-corrected chi connectivity index (χ3v) is 4.82. The van der Waals surface area contributed by atoms with Crippen LogP contribution in [0, 0.1) is 4.64 Å². The highest BCUT2D eigenvalue weighted by Crippen LogP contribution is 2.32. The number of ether oxygens (including phenoxy) is 1. The molecule has 2 aromatic heterocycles. The van der Waals surface area contributed by atoms with Crippen LogP contribution >= 0.6 is 24.0 Å². The molecule has 2 aromatic rings. The zero-order valence-electron chi connectivity index (χ0n) is 11.8. The standard InChI is InChI=1S/C12H17N5O3S2/c1-2-22-3-5-7(18)8(19)11(20-5)17-4-14-6-9(17)15-12(13)16-10(6)21/h4-5,7-8,11,18-19H,2-3H2,1H3,(H3,13,15,16,21)/t5-,7+,8+,11-/m1/s1. The minimum absolute atomic E-state index is 0.158. The van der Waals surface area contributed by atoms with E-state index in [2.05, 4.69) is 15.0 Å². The number of H-pyrrole nitrogens is 1. The first-order valence-electron chi connectivity index (χ1n) is 6.84. The number of nitrogens with zero attached hydrogens (tertiary/aromatic N) is 3. The van der Waals surface area contributed by atoms with Crippen molar-refractivity contribution in [2.75, 3.05) is 17.2 Å². The van der Waals surface area contributed by atoms with Gasteiger partial charge in [-0.1, -0.05) is 19.1 Å². The number of aromatic nitrogens is 4. The summed E-state index contributed by atoms with van der Waals surface area (Å²) in [5.74, 6) is 1.68. The number of hydrogen-bond donors (Lipinski definition) is 4. The Labute approximate surface area is 135 Å². The number of fused-ring (bicyclic) bond motifs is 1. The van der Waals surface area contributed by atoms with Gasteiger partial charge in [-0.25, -0.2) is 9.97 Å². The van der Waals surface area contributed by atoms with Gasteiger partial charge in [0.1, 0.15) is 23.4 Å². The van der Waals surface area contributed by atoms with Gasteiger partial charge in [-0.3, -0.25) is 4.57 Å². The molecular weight excluding hydrogens is 326 g/mol. The quantitative estimate of drug-likeness (QED) is 0.590. The van der Waals surface area contributed by atoms with E-state index in [4.69, 9.17) is 22.7 Å². The number of nitrogen functional groups attached to an aromatic ring is 1. The Hall–Kier alpha value is -1.20. The lowest BCUT2D eigenvalue weighted by Crippen LogP contribution is -2.32. The number of nitrogens with one attached hydrogen (secondary N) is 1. The Morgan fingerprint density at radius 2 is 2.27 bits per heavy atom. The van der Waals surface area contributed by atoms with Crippen molar-refractivity contribution in [3.63, 3.8) is 0 Å². The first kappa shape index (κ1) is 15.7. The number of aliphatic hydroxyl groups excluding tert-OH is 2. The summed E-state index contributed by atoms with van der Waals surface area (Å²) in [6.45, 7) is 2.03. The topological polar surface area (TPSA) is 122 Å². The van der Waals surface area contributed by atoms with E-state index in [1.165, 1.54) is 6.33 Å². The Bertz CT molecular complexity index is 733. The second-order valence-corrected chi connectivity index (χ2v) is 6.69. The number of rotatable bonds is 4. The van der Waals surface area contributed by atoms with Crippen molar-refractivity contribution in [3.8, 4) is 0 Å². The number of hydrogen-bond acceptors (Lipinski definition) is 8. The highest BCUT2D eigenvalue weighted by molar-refractivity contribution is 7.99. The molecule has 3 heterocycles. The fourth-order valence-electron chi connectivity index (χ4n) is 2.48. The number of anilines is 1. The van der Waals surface area contributed by atoms with Crippen LogP contribution in [0.2, 0.25) is 0 Å². The summed E-state index contributed by atoms with van der Waals surface area (Å²) in [6, 6.07) is 0. The van der Waals surface area contributed by atoms with Crippen LogP contribution in [-0.4, -0.2) is 59.5 Å². The Morgan fingerprint density at radius 3 is 3.00 bits per heavy atom. The SMILES string of the molecule is CCSC[C@H]1O[C@@H](n2cnc3c(=S)nc(N)[nH]c32)[C@@H](O)[C@H]1O. The van der Waals surface area contributed by atoms with Crippen LogP contribution in [0.4, 0.5) is 5.95 Å². The van der Waals surface area contributed by atoms with Gasteiger partial charge >= 0.3 is 0 Å². The van der Waals surface area contributed by atoms with E-state index in [0.29, 0.717) is 16.9 Å². The maximum atomic E-state index is 10.3. The molecule has 3 rings (SSSR count). The molecule has 0 aliphatic carbocycles. The lowest BCUT2D eigenvalue weighted by atomic mass is 10.1. The highest BCUT2D eigenvalue weighted by atomic mass is 32.2. The smallest absolute Gasteiger partial charge is 0.200 e. The van der Waals surface area contributed by atoms with Gasteiger partial charge in [0, 0.05) is 5.75 Å². The number of thioether (sulfide) groups is 1. The van der Waals surface area contributed by atoms with Crippen molar-refractivity contribution in [2.24, 2.45) is 0 Å². The van der Waals surface area contributed by atoms with Crippen LogP contribution in [0.1, 0.15) is 13.2 Å². The molecule has 1 aliphatic heterocycles. The largest absolute Gasteiger partial charge is 0.387 e. The van der Waals surface area contributed by atoms with Gasteiger partial charge in [0.05, 0.1) is 12.4 Å². The van der Waals surface area contributed by atoms with Gasteiger partial charge in [-0.2, -0.15) is 11.8 Å². The van der Waals surface area contributed by atoms with Gasteiger partial charge in [0.15, 0.2) is 16.8 Å². The van der Waals surface area contributed by atoms with Crippen LogP contribution in [0.3, 0.4) is 0 Å². The van der Waals surface area contributed by atoms with Crippen LogP contribution < -0.4 is 5.73 Å². The molecule has 0 spiro atoms. The van der Waals surface area contributed by atoms with Crippen LogP contribution in [0.25, 0.3) is 11.2 Å². The molecule has 1 saturated heterocycles. The van der Waals surface area contributed by atoms with E-state index in [1.54, 1.807) is 16.3 Å². The van der Waals surface area contributed by atoms with Crippen LogP contribution in [0.5, 0.6) is 0 Å². The molecule has 22 heavy (non-hydrogen) atoms. The van der Waals surface area contributed by atoms with Crippen molar-refractivity contribution in [1.29, 1.82) is 0 Å². The molecule has 1 fully saturated rings. The van der Waals surface area contributed by atoms with Gasteiger partial charge in [0.25, 0.3) is 0 Å². The molecule has 5 N–H and O–H groups in total. The van der Waals surface area contributed by atoms with Crippen molar-refractivity contribution in [1.82, 2.24) is 19.5 Å². The van der Waals surface area contributed by atoms with Crippen molar-refractivity contribution in [3.05, 3.63) is 11.0 Å². The first-order chi connectivity index (χ1) is 10.5. The van der Waals surface area contributed by atoms with E-state index in [1.807, 2.05) is 6.92 Å². The zero-order chi connectivity index (χ0) is 15.9. The summed E-state index contributed by atoms with van der Waals surface area (Å²) in [6.07, 6.45) is -1.71. The van der Waals surface area contributed by atoms with Crippen molar-refractivity contribution in [2.45, 2.75) is 31.5 Å². The van der Waals surface area contributed by atoms with E-state index in [-0.39, 0.29) is 10.6 Å². The van der Waals surface area contributed by atoms with Crippen molar-refractivity contribution < 1.29 is 14.9 Å². The lowest BCUT2D eigenvalue weighted by Gasteiger charge is -2.16. The molecule has 1 aliphatic rings. The Morgan fingerprint density at radius 1 is 1.50 bits per heavy atom. The lowest BCUT2D eigenvalue weighted by molar-refractivity contribution is -0.0288. The molecule has 10 heteroatoms. The Balaban J connectivity index is 1.96.